The molecule has 4 rings (SSSR count). The number of amides is 3. The van der Waals surface area contributed by atoms with Gasteiger partial charge in [0.1, 0.15) is 16.3 Å². The van der Waals surface area contributed by atoms with Crippen LogP contribution < -0.4 is 20.7 Å². The molecular formula is C31H37N3O5S. The van der Waals surface area contributed by atoms with Gasteiger partial charge in [-0.05, 0) is 93.5 Å². The second-order valence-electron chi connectivity index (χ2n) is 10.7. The molecule has 0 unspecified atom stereocenters. The Kier molecular flexibility index (Phi) is 8.83. The van der Waals surface area contributed by atoms with Crippen LogP contribution in [0, 0.1) is 26.7 Å². The zero-order valence-electron chi connectivity index (χ0n) is 23.6. The minimum absolute atomic E-state index is 0.172. The number of methoxy groups -OCH3 is 1. The Morgan fingerprint density at radius 2 is 1.57 bits per heavy atom. The summed E-state index contributed by atoms with van der Waals surface area (Å²) in [5.74, 6) is -1.07. The van der Waals surface area contributed by atoms with Crippen molar-refractivity contribution in [2.45, 2.75) is 65.3 Å². The quantitative estimate of drug-likeness (QED) is 0.232. The summed E-state index contributed by atoms with van der Waals surface area (Å²) in [5, 5.41) is 19.1. The SMILES string of the molecule is COc1ccc(-c2cc(C(=O)N[C@](C)(C(=O)O)C3CCCCC3)c(NC(=O)Nc3c(C)cc(C)cc3C)s2)cc1. The van der Waals surface area contributed by atoms with Gasteiger partial charge in [0.05, 0.1) is 12.7 Å². The summed E-state index contributed by atoms with van der Waals surface area (Å²) in [6, 6.07) is 12.6. The zero-order chi connectivity index (χ0) is 29.0. The van der Waals surface area contributed by atoms with Crippen LogP contribution in [0.25, 0.3) is 10.4 Å². The summed E-state index contributed by atoms with van der Waals surface area (Å²) >= 11 is 1.25. The summed E-state index contributed by atoms with van der Waals surface area (Å²) in [4.78, 5) is 40.0. The van der Waals surface area contributed by atoms with Crippen molar-refractivity contribution in [1.29, 1.82) is 0 Å². The van der Waals surface area contributed by atoms with Gasteiger partial charge in [0.15, 0.2) is 0 Å². The molecule has 212 valence electrons. The molecule has 0 saturated heterocycles. The van der Waals surface area contributed by atoms with Crippen molar-refractivity contribution in [1.82, 2.24) is 5.32 Å². The van der Waals surface area contributed by atoms with E-state index in [0.29, 0.717) is 16.4 Å². The van der Waals surface area contributed by atoms with Gasteiger partial charge >= 0.3 is 12.0 Å². The molecule has 1 aliphatic carbocycles. The monoisotopic (exact) mass is 563 g/mol. The Hall–Kier alpha value is -3.85. The normalized spacial score (nSPS) is 15.1. The van der Waals surface area contributed by atoms with Gasteiger partial charge in [0.2, 0.25) is 0 Å². The lowest BCUT2D eigenvalue weighted by Gasteiger charge is -2.37. The Morgan fingerprint density at radius 1 is 0.950 bits per heavy atom. The average molecular weight is 564 g/mol. The van der Waals surface area contributed by atoms with E-state index in [1.54, 1.807) is 20.1 Å². The number of ether oxygens (including phenoxy) is 1. The standard InChI is InChI=1S/C31H37N3O5S/c1-18-15-19(2)26(20(3)16-18)32-30(38)33-28-24(17-25(40-28)21-11-13-23(39-5)14-12-21)27(35)34-31(4,29(36)37)22-9-7-6-8-10-22/h11-17,22H,6-10H2,1-5H3,(H,34,35)(H,36,37)(H2,32,33,38)/t31-/m0/s1. The van der Waals surface area contributed by atoms with Gasteiger partial charge in [-0.1, -0.05) is 37.0 Å². The number of nitrogens with one attached hydrogen (secondary N) is 3. The maximum atomic E-state index is 13.7. The van der Waals surface area contributed by atoms with Crippen LogP contribution in [-0.2, 0) is 4.79 Å². The number of rotatable bonds is 8. The van der Waals surface area contributed by atoms with Crippen LogP contribution in [-0.4, -0.2) is 35.7 Å². The van der Waals surface area contributed by atoms with Crippen LogP contribution in [0.15, 0.2) is 42.5 Å². The number of carboxylic acid groups (broad SMARTS) is 1. The molecule has 0 bridgehead atoms. The molecule has 4 N–H and O–H groups in total. The number of anilines is 2. The van der Waals surface area contributed by atoms with Gasteiger partial charge in [-0.2, -0.15) is 0 Å². The first-order valence-corrected chi connectivity index (χ1v) is 14.3. The molecule has 3 amide bonds. The highest BCUT2D eigenvalue weighted by molar-refractivity contribution is 7.20. The van der Waals surface area contributed by atoms with E-state index in [4.69, 9.17) is 4.74 Å². The van der Waals surface area contributed by atoms with Crippen molar-refractivity contribution >= 4 is 39.9 Å². The molecule has 2 aromatic carbocycles. The van der Waals surface area contributed by atoms with E-state index in [1.807, 2.05) is 57.2 Å². The largest absolute Gasteiger partial charge is 0.497 e. The summed E-state index contributed by atoms with van der Waals surface area (Å²) in [6.45, 7) is 7.45. The molecule has 0 spiro atoms. The van der Waals surface area contributed by atoms with Crippen molar-refractivity contribution in [3.63, 3.8) is 0 Å². The Balaban J connectivity index is 1.66. The van der Waals surface area contributed by atoms with Gasteiger partial charge in [-0.3, -0.25) is 10.1 Å². The van der Waals surface area contributed by atoms with E-state index in [9.17, 15) is 19.5 Å². The highest BCUT2D eigenvalue weighted by Crippen LogP contribution is 2.38. The second kappa shape index (κ2) is 12.1. The molecule has 0 radical (unpaired) electrons. The fourth-order valence-electron chi connectivity index (χ4n) is 5.49. The number of aryl methyl sites for hydroxylation is 3. The highest BCUT2D eigenvalue weighted by atomic mass is 32.1. The fraction of sp³-hybridized carbons (Fsp3) is 0.387. The van der Waals surface area contributed by atoms with E-state index in [-0.39, 0.29) is 11.5 Å². The molecule has 1 saturated carbocycles. The van der Waals surface area contributed by atoms with Crippen LogP contribution >= 0.6 is 11.3 Å². The predicted octanol–water partition coefficient (Wildman–Crippen LogP) is 7.15. The molecule has 3 aromatic rings. The number of urea groups is 1. The van der Waals surface area contributed by atoms with E-state index in [0.717, 1.165) is 59.2 Å². The van der Waals surface area contributed by atoms with Gasteiger partial charge in [-0.15, -0.1) is 11.3 Å². The lowest BCUT2D eigenvalue weighted by Crippen LogP contribution is -2.57. The third-order valence-electron chi connectivity index (χ3n) is 7.73. The van der Waals surface area contributed by atoms with Crippen molar-refractivity contribution in [2.24, 2.45) is 5.92 Å². The van der Waals surface area contributed by atoms with Crippen LogP contribution in [0.1, 0.15) is 66.1 Å². The molecule has 8 nitrogen and oxygen atoms in total. The first-order valence-electron chi connectivity index (χ1n) is 13.5. The van der Waals surface area contributed by atoms with Crippen molar-refractivity contribution in [3.05, 3.63) is 64.7 Å². The van der Waals surface area contributed by atoms with E-state index in [2.05, 4.69) is 16.0 Å². The van der Waals surface area contributed by atoms with Crippen molar-refractivity contribution in [2.75, 3.05) is 17.7 Å². The summed E-state index contributed by atoms with van der Waals surface area (Å²) in [7, 11) is 1.59. The fourth-order valence-corrected chi connectivity index (χ4v) is 6.54. The number of hydrogen-bond donors (Lipinski definition) is 4. The second-order valence-corrected chi connectivity index (χ2v) is 11.8. The Bertz CT molecular complexity index is 1390. The summed E-state index contributed by atoms with van der Waals surface area (Å²) in [6.07, 6.45) is 4.43. The number of thiophene rings is 1. The van der Waals surface area contributed by atoms with Gasteiger partial charge in [0.25, 0.3) is 5.91 Å². The molecule has 9 heteroatoms. The molecule has 1 atom stereocenters. The van der Waals surface area contributed by atoms with Crippen molar-refractivity contribution < 1.29 is 24.2 Å². The average Bonchev–Trinajstić information content (AvgIpc) is 3.34. The highest BCUT2D eigenvalue weighted by Gasteiger charge is 2.43. The minimum Gasteiger partial charge on any atom is -0.497 e. The van der Waals surface area contributed by atoms with Gasteiger partial charge in [-0.25, -0.2) is 9.59 Å². The lowest BCUT2D eigenvalue weighted by molar-refractivity contribution is -0.146. The first kappa shape index (κ1) is 29.1. The maximum Gasteiger partial charge on any atom is 0.329 e. The predicted molar refractivity (Wildman–Crippen MR) is 160 cm³/mol. The molecule has 1 aromatic heterocycles. The Morgan fingerprint density at radius 3 is 2.15 bits per heavy atom. The van der Waals surface area contributed by atoms with Crippen LogP contribution in [0.2, 0.25) is 0 Å². The molecule has 1 heterocycles. The van der Waals surface area contributed by atoms with Gasteiger partial charge in [0, 0.05) is 10.6 Å². The number of carboxylic acids is 1. The van der Waals surface area contributed by atoms with Crippen LogP contribution in [0.4, 0.5) is 15.5 Å². The Labute approximate surface area is 239 Å². The van der Waals surface area contributed by atoms with E-state index >= 15 is 0 Å². The number of carbonyl (C=O) groups is 3. The van der Waals surface area contributed by atoms with E-state index in [1.165, 1.54) is 11.3 Å². The molecular weight excluding hydrogens is 526 g/mol. The number of carbonyl (C=O) groups excluding carboxylic acids is 2. The summed E-state index contributed by atoms with van der Waals surface area (Å²) in [5.41, 5.74) is 3.30. The third-order valence-corrected chi connectivity index (χ3v) is 8.83. The number of hydrogen-bond acceptors (Lipinski definition) is 5. The minimum atomic E-state index is -1.42. The lowest BCUT2D eigenvalue weighted by atomic mass is 9.75. The van der Waals surface area contributed by atoms with Crippen molar-refractivity contribution in [3.8, 4) is 16.2 Å². The molecule has 40 heavy (non-hydrogen) atoms. The first-order chi connectivity index (χ1) is 19.0. The zero-order valence-corrected chi connectivity index (χ0v) is 24.5. The molecule has 1 fully saturated rings. The number of aliphatic carboxylic acids is 1. The van der Waals surface area contributed by atoms with Gasteiger partial charge < -0.3 is 20.5 Å². The summed E-state index contributed by atoms with van der Waals surface area (Å²) < 4.78 is 5.26. The number of benzene rings is 2. The smallest absolute Gasteiger partial charge is 0.329 e. The topological polar surface area (TPSA) is 117 Å². The third kappa shape index (κ3) is 6.31. The molecule has 0 aliphatic heterocycles. The van der Waals surface area contributed by atoms with E-state index < -0.39 is 23.4 Å². The molecule has 1 aliphatic rings. The van der Waals surface area contributed by atoms with Crippen LogP contribution in [0.3, 0.4) is 0 Å². The van der Waals surface area contributed by atoms with Crippen LogP contribution in [0.5, 0.6) is 5.75 Å². The maximum absolute atomic E-state index is 13.7.